The molecule has 0 spiro atoms. The number of hydrazine groups is 1. The maximum absolute atomic E-state index is 12.6. The second-order valence-electron chi connectivity index (χ2n) is 5.92. The maximum Gasteiger partial charge on any atom is 0.261 e. The highest BCUT2D eigenvalue weighted by Crippen LogP contribution is 2.20. The largest absolute Gasteiger partial charge is 0.321 e. The summed E-state index contributed by atoms with van der Waals surface area (Å²) in [7, 11) is -3.63. The molecule has 3 rings (SSSR count). The Balaban J connectivity index is 1.71. The Bertz CT molecular complexity index is 956. The van der Waals surface area contributed by atoms with E-state index < -0.39 is 10.0 Å². The molecule has 0 aliphatic carbocycles. The molecule has 0 unspecified atom stereocenters. The summed E-state index contributed by atoms with van der Waals surface area (Å²) >= 11 is 0. The average molecular weight is 367 g/mol. The van der Waals surface area contributed by atoms with Crippen molar-refractivity contribution in [1.29, 1.82) is 0 Å². The van der Waals surface area contributed by atoms with Crippen molar-refractivity contribution >= 4 is 21.4 Å². The highest BCUT2D eigenvalue weighted by Gasteiger charge is 2.15. The van der Waals surface area contributed by atoms with Gasteiger partial charge in [-0.3, -0.25) is 4.72 Å². The quantitative estimate of drug-likeness (QED) is 0.554. The van der Waals surface area contributed by atoms with Gasteiger partial charge in [0.25, 0.3) is 10.0 Å². The van der Waals surface area contributed by atoms with Crippen LogP contribution in [0.15, 0.2) is 83.8 Å². The van der Waals surface area contributed by atoms with Crippen LogP contribution < -0.4 is 15.6 Å². The molecule has 3 N–H and O–H groups in total. The van der Waals surface area contributed by atoms with Crippen LogP contribution in [0.1, 0.15) is 11.1 Å². The third-order valence-electron chi connectivity index (χ3n) is 3.88. The Kier molecular flexibility index (Phi) is 5.55. The van der Waals surface area contributed by atoms with Gasteiger partial charge in [0.1, 0.15) is 0 Å². The number of benzene rings is 3. The van der Waals surface area contributed by atoms with Gasteiger partial charge in [0, 0.05) is 12.2 Å². The minimum absolute atomic E-state index is 0.244. The van der Waals surface area contributed by atoms with E-state index in [4.69, 9.17) is 0 Å². The minimum atomic E-state index is -3.63. The Morgan fingerprint density at radius 2 is 1.46 bits per heavy atom. The zero-order chi connectivity index (χ0) is 18.4. The minimum Gasteiger partial charge on any atom is -0.321 e. The molecule has 0 bridgehead atoms. The molecule has 6 heteroatoms. The number of sulfonamides is 1. The smallest absolute Gasteiger partial charge is 0.261 e. The van der Waals surface area contributed by atoms with Crippen molar-refractivity contribution in [2.45, 2.75) is 18.4 Å². The highest BCUT2D eigenvalue weighted by atomic mass is 32.2. The number of nitrogens with one attached hydrogen (secondary N) is 3. The first-order valence-corrected chi connectivity index (χ1v) is 9.74. The fraction of sp³-hybridized carbons (Fsp3) is 0.100. The SMILES string of the molecule is Cc1ccc(S(=O)(=O)Nc2ccccc2CNNc2ccccc2)cc1. The molecular weight excluding hydrogens is 346 g/mol. The van der Waals surface area contributed by atoms with Crippen LogP contribution in [0.3, 0.4) is 0 Å². The van der Waals surface area contributed by atoms with Crippen LogP contribution >= 0.6 is 0 Å². The Morgan fingerprint density at radius 3 is 2.19 bits per heavy atom. The predicted molar refractivity (Wildman–Crippen MR) is 105 cm³/mol. The Hall–Kier alpha value is -2.83. The van der Waals surface area contributed by atoms with Gasteiger partial charge >= 0.3 is 0 Å². The fourth-order valence-corrected chi connectivity index (χ4v) is 3.56. The lowest BCUT2D eigenvalue weighted by molar-refractivity contribution is 0.601. The van der Waals surface area contributed by atoms with Crippen LogP contribution in [-0.4, -0.2) is 8.42 Å². The van der Waals surface area contributed by atoms with E-state index in [2.05, 4.69) is 15.6 Å². The third kappa shape index (κ3) is 4.62. The van der Waals surface area contributed by atoms with E-state index in [9.17, 15) is 8.42 Å². The van der Waals surface area contributed by atoms with Gasteiger partial charge < -0.3 is 5.43 Å². The average Bonchev–Trinajstić information content (AvgIpc) is 2.64. The summed E-state index contributed by atoms with van der Waals surface area (Å²) in [5, 5.41) is 0. The standard InChI is InChI=1S/C20H21N3O2S/c1-16-11-13-19(14-12-16)26(24,25)23-20-10-6-5-7-17(20)15-21-22-18-8-3-2-4-9-18/h2-14,21-23H,15H2,1H3. The first-order chi connectivity index (χ1) is 12.5. The lowest BCUT2D eigenvalue weighted by Crippen LogP contribution is -2.22. The van der Waals surface area contributed by atoms with Gasteiger partial charge in [0.2, 0.25) is 0 Å². The first kappa shape index (κ1) is 18.0. The second kappa shape index (κ2) is 8.03. The van der Waals surface area contributed by atoms with Crippen molar-refractivity contribution in [3.8, 4) is 0 Å². The molecule has 0 saturated carbocycles. The summed E-state index contributed by atoms with van der Waals surface area (Å²) in [5.74, 6) is 0. The third-order valence-corrected chi connectivity index (χ3v) is 5.26. The molecule has 5 nitrogen and oxygen atoms in total. The van der Waals surface area contributed by atoms with Gasteiger partial charge in [-0.1, -0.05) is 54.1 Å². The topological polar surface area (TPSA) is 70.2 Å². The summed E-state index contributed by atoms with van der Waals surface area (Å²) < 4.78 is 27.9. The number of hydrogen-bond donors (Lipinski definition) is 3. The van der Waals surface area contributed by atoms with Gasteiger partial charge in [0.05, 0.1) is 10.6 Å². The summed E-state index contributed by atoms with van der Waals surface area (Å²) in [6.45, 7) is 2.38. The van der Waals surface area contributed by atoms with E-state index in [-0.39, 0.29) is 4.90 Å². The predicted octanol–water partition coefficient (Wildman–Crippen LogP) is 3.91. The molecule has 0 amide bonds. The fourth-order valence-electron chi connectivity index (χ4n) is 2.46. The maximum atomic E-state index is 12.6. The zero-order valence-electron chi connectivity index (χ0n) is 14.4. The van der Waals surface area contributed by atoms with Gasteiger partial charge in [-0.2, -0.15) is 0 Å². The lowest BCUT2D eigenvalue weighted by atomic mass is 10.2. The first-order valence-electron chi connectivity index (χ1n) is 8.26. The molecule has 0 aliphatic heterocycles. The van der Waals surface area contributed by atoms with E-state index in [0.29, 0.717) is 12.2 Å². The van der Waals surface area contributed by atoms with Crippen molar-refractivity contribution in [2.24, 2.45) is 0 Å². The summed E-state index contributed by atoms with van der Waals surface area (Å²) in [6.07, 6.45) is 0. The van der Waals surface area contributed by atoms with Crippen LogP contribution in [-0.2, 0) is 16.6 Å². The van der Waals surface area contributed by atoms with Crippen LogP contribution in [0.2, 0.25) is 0 Å². The Labute approximate surface area is 154 Å². The van der Waals surface area contributed by atoms with Crippen molar-refractivity contribution in [1.82, 2.24) is 5.43 Å². The van der Waals surface area contributed by atoms with Gasteiger partial charge in [-0.05, 0) is 42.8 Å². The number of para-hydroxylation sites is 2. The normalized spacial score (nSPS) is 11.1. The molecule has 3 aromatic carbocycles. The molecule has 26 heavy (non-hydrogen) atoms. The number of aryl methyl sites for hydroxylation is 1. The molecule has 0 heterocycles. The van der Waals surface area contributed by atoms with E-state index in [1.807, 2.05) is 49.4 Å². The van der Waals surface area contributed by atoms with Crippen LogP contribution in [0, 0.1) is 6.92 Å². The van der Waals surface area contributed by atoms with Crippen molar-refractivity contribution in [2.75, 3.05) is 10.1 Å². The van der Waals surface area contributed by atoms with Crippen LogP contribution in [0.4, 0.5) is 11.4 Å². The molecule has 0 aromatic heterocycles. The lowest BCUT2D eigenvalue weighted by Gasteiger charge is -2.14. The van der Waals surface area contributed by atoms with Gasteiger partial charge in [-0.15, -0.1) is 0 Å². The van der Waals surface area contributed by atoms with Crippen LogP contribution in [0.25, 0.3) is 0 Å². The van der Waals surface area contributed by atoms with Crippen molar-refractivity contribution < 1.29 is 8.42 Å². The molecule has 0 aliphatic rings. The summed E-state index contributed by atoms with van der Waals surface area (Å²) in [4.78, 5) is 0.244. The van der Waals surface area contributed by atoms with E-state index in [0.717, 1.165) is 16.8 Å². The number of rotatable bonds is 7. The second-order valence-corrected chi connectivity index (χ2v) is 7.60. The molecule has 3 aromatic rings. The van der Waals surface area contributed by atoms with Crippen LogP contribution in [0.5, 0.6) is 0 Å². The number of anilines is 2. The van der Waals surface area contributed by atoms with Crippen molar-refractivity contribution in [3.05, 3.63) is 90.0 Å². The van der Waals surface area contributed by atoms with Gasteiger partial charge in [0.15, 0.2) is 0 Å². The molecule has 0 atom stereocenters. The summed E-state index contributed by atoms with van der Waals surface area (Å²) in [5.41, 5.74) is 9.54. The molecule has 0 fully saturated rings. The Morgan fingerprint density at radius 1 is 0.808 bits per heavy atom. The highest BCUT2D eigenvalue weighted by molar-refractivity contribution is 7.92. The van der Waals surface area contributed by atoms with E-state index >= 15 is 0 Å². The summed E-state index contributed by atoms with van der Waals surface area (Å²) in [6, 6.07) is 23.8. The molecule has 0 saturated heterocycles. The monoisotopic (exact) mass is 367 g/mol. The zero-order valence-corrected chi connectivity index (χ0v) is 15.3. The number of hydrogen-bond acceptors (Lipinski definition) is 4. The van der Waals surface area contributed by atoms with Crippen molar-refractivity contribution in [3.63, 3.8) is 0 Å². The molecule has 0 radical (unpaired) electrons. The van der Waals surface area contributed by atoms with E-state index in [1.165, 1.54) is 0 Å². The molecule has 134 valence electrons. The van der Waals surface area contributed by atoms with E-state index in [1.54, 1.807) is 36.4 Å². The van der Waals surface area contributed by atoms with Gasteiger partial charge in [-0.25, -0.2) is 13.8 Å². The molecular formula is C20H21N3O2S.